The van der Waals surface area contributed by atoms with Gasteiger partial charge in [-0.05, 0) is 60.6 Å². The molecule has 18 heavy (non-hydrogen) atoms. The Labute approximate surface area is 112 Å². The lowest BCUT2D eigenvalue weighted by Crippen LogP contribution is -2.32. The van der Waals surface area contributed by atoms with Gasteiger partial charge in [-0.3, -0.25) is 0 Å². The zero-order valence-electron chi connectivity index (χ0n) is 12.1. The first-order valence-corrected chi connectivity index (χ1v) is 7.34. The molecule has 100 valence electrons. The fourth-order valence-corrected chi connectivity index (χ4v) is 3.36. The van der Waals surface area contributed by atoms with Gasteiger partial charge in [0.05, 0.1) is 0 Å². The van der Waals surface area contributed by atoms with Crippen molar-refractivity contribution < 1.29 is 0 Å². The molecule has 2 unspecified atom stereocenters. The smallest absolute Gasteiger partial charge is 0.00430 e. The van der Waals surface area contributed by atoms with Gasteiger partial charge in [0.25, 0.3) is 0 Å². The van der Waals surface area contributed by atoms with Crippen molar-refractivity contribution in [3.8, 4) is 0 Å². The Morgan fingerprint density at radius 3 is 2.78 bits per heavy atom. The van der Waals surface area contributed by atoms with Gasteiger partial charge in [0.1, 0.15) is 0 Å². The van der Waals surface area contributed by atoms with E-state index in [0.717, 1.165) is 13.0 Å². The van der Waals surface area contributed by atoms with Crippen molar-refractivity contribution in [2.45, 2.75) is 52.4 Å². The van der Waals surface area contributed by atoms with Crippen LogP contribution in [-0.4, -0.2) is 6.54 Å². The van der Waals surface area contributed by atoms with Crippen LogP contribution in [0.1, 0.15) is 57.1 Å². The molecular formula is C17H27N. The van der Waals surface area contributed by atoms with E-state index in [4.69, 9.17) is 5.73 Å². The predicted octanol–water partition coefficient (Wildman–Crippen LogP) is 4.12. The second-order valence-electron chi connectivity index (χ2n) is 6.61. The molecule has 1 heteroatoms. The van der Waals surface area contributed by atoms with E-state index >= 15 is 0 Å². The number of benzene rings is 1. The largest absolute Gasteiger partial charge is 0.330 e. The van der Waals surface area contributed by atoms with E-state index < -0.39 is 0 Å². The second kappa shape index (κ2) is 5.44. The van der Waals surface area contributed by atoms with Crippen molar-refractivity contribution in [2.75, 3.05) is 6.54 Å². The molecule has 2 atom stereocenters. The summed E-state index contributed by atoms with van der Waals surface area (Å²) in [6, 6.07) is 9.14. The van der Waals surface area contributed by atoms with Gasteiger partial charge in [-0.1, -0.05) is 45.0 Å². The predicted molar refractivity (Wildman–Crippen MR) is 78.7 cm³/mol. The molecule has 1 fully saturated rings. The van der Waals surface area contributed by atoms with Crippen LogP contribution in [0, 0.1) is 11.3 Å². The summed E-state index contributed by atoms with van der Waals surface area (Å²) in [6.45, 7) is 7.86. The quantitative estimate of drug-likeness (QED) is 0.852. The molecule has 1 saturated carbocycles. The highest BCUT2D eigenvalue weighted by Crippen LogP contribution is 2.46. The monoisotopic (exact) mass is 245 g/mol. The molecule has 0 bridgehead atoms. The van der Waals surface area contributed by atoms with Gasteiger partial charge in [0, 0.05) is 0 Å². The molecular weight excluding hydrogens is 218 g/mol. The number of hydrogen-bond acceptors (Lipinski definition) is 1. The van der Waals surface area contributed by atoms with Gasteiger partial charge < -0.3 is 5.73 Å². The highest BCUT2D eigenvalue weighted by molar-refractivity contribution is 5.28. The number of rotatable bonds is 3. The van der Waals surface area contributed by atoms with Crippen LogP contribution >= 0.6 is 0 Å². The van der Waals surface area contributed by atoms with Crippen molar-refractivity contribution in [1.82, 2.24) is 0 Å². The Hall–Kier alpha value is -0.820. The van der Waals surface area contributed by atoms with Crippen molar-refractivity contribution in [3.05, 3.63) is 35.4 Å². The Morgan fingerprint density at radius 2 is 2.11 bits per heavy atom. The number of aryl methyl sites for hydroxylation is 1. The third kappa shape index (κ3) is 2.95. The SMILES string of the molecule is CCc1cccc(C2CC(C)(C)CCC2CN)c1. The molecule has 0 radical (unpaired) electrons. The number of hydrogen-bond donors (Lipinski definition) is 1. The van der Waals surface area contributed by atoms with Crippen LogP contribution in [0.15, 0.2) is 24.3 Å². The molecule has 1 aromatic rings. The third-order valence-electron chi connectivity index (χ3n) is 4.62. The summed E-state index contributed by atoms with van der Waals surface area (Å²) in [5, 5.41) is 0. The Kier molecular flexibility index (Phi) is 4.11. The van der Waals surface area contributed by atoms with Crippen molar-refractivity contribution in [3.63, 3.8) is 0 Å². The number of nitrogens with two attached hydrogens (primary N) is 1. The fourth-order valence-electron chi connectivity index (χ4n) is 3.36. The van der Waals surface area contributed by atoms with Crippen molar-refractivity contribution in [2.24, 2.45) is 17.1 Å². The molecule has 1 aliphatic rings. The standard InChI is InChI=1S/C17H27N/c1-4-13-6-5-7-14(10-13)16-11-17(2,3)9-8-15(16)12-18/h5-7,10,15-16H,4,8-9,11-12,18H2,1-3H3. The van der Waals surface area contributed by atoms with Crippen LogP contribution < -0.4 is 5.73 Å². The zero-order chi connectivity index (χ0) is 13.2. The molecule has 0 spiro atoms. The van der Waals surface area contributed by atoms with Gasteiger partial charge in [0.2, 0.25) is 0 Å². The maximum atomic E-state index is 5.99. The summed E-state index contributed by atoms with van der Waals surface area (Å²) in [5.74, 6) is 1.33. The van der Waals surface area contributed by atoms with Gasteiger partial charge in [-0.2, -0.15) is 0 Å². The van der Waals surface area contributed by atoms with Gasteiger partial charge in [0.15, 0.2) is 0 Å². The van der Waals surface area contributed by atoms with E-state index in [1.165, 1.54) is 30.4 Å². The molecule has 0 saturated heterocycles. The second-order valence-corrected chi connectivity index (χ2v) is 6.61. The first kappa shape index (κ1) is 13.6. The Morgan fingerprint density at radius 1 is 1.33 bits per heavy atom. The lowest BCUT2D eigenvalue weighted by atomic mass is 9.65. The van der Waals surface area contributed by atoms with E-state index in [9.17, 15) is 0 Å². The van der Waals surface area contributed by atoms with Crippen molar-refractivity contribution >= 4 is 0 Å². The van der Waals surface area contributed by atoms with Crippen LogP contribution in [0.4, 0.5) is 0 Å². The first-order chi connectivity index (χ1) is 8.55. The van der Waals surface area contributed by atoms with E-state index in [1.807, 2.05) is 0 Å². The van der Waals surface area contributed by atoms with E-state index in [1.54, 1.807) is 0 Å². The molecule has 2 rings (SSSR count). The topological polar surface area (TPSA) is 26.0 Å². The normalized spacial score (nSPS) is 27.1. The molecule has 2 N–H and O–H groups in total. The minimum Gasteiger partial charge on any atom is -0.330 e. The van der Waals surface area contributed by atoms with E-state index in [-0.39, 0.29) is 0 Å². The Bertz CT molecular complexity index is 394. The van der Waals surface area contributed by atoms with Crippen LogP contribution in [0.25, 0.3) is 0 Å². The summed E-state index contributed by atoms with van der Waals surface area (Å²) in [5.41, 5.74) is 9.42. The molecule has 1 aromatic carbocycles. The molecule has 0 heterocycles. The lowest BCUT2D eigenvalue weighted by Gasteiger charge is -2.41. The summed E-state index contributed by atoms with van der Waals surface area (Å²) in [4.78, 5) is 0. The van der Waals surface area contributed by atoms with Crippen LogP contribution in [0.3, 0.4) is 0 Å². The van der Waals surface area contributed by atoms with E-state index in [0.29, 0.717) is 17.3 Å². The zero-order valence-corrected chi connectivity index (χ0v) is 12.1. The molecule has 1 nitrogen and oxygen atoms in total. The van der Waals surface area contributed by atoms with Crippen LogP contribution in [0.2, 0.25) is 0 Å². The van der Waals surface area contributed by atoms with Crippen LogP contribution in [0.5, 0.6) is 0 Å². The average molecular weight is 245 g/mol. The maximum Gasteiger partial charge on any atom is -0.00430 e. The minimum absolute atomic E-state index is 0.471. The molecule has 0 aliphatic heterocycles. The fraction of sp³-hybridized carbons (Fsp3) is 0.647. The van der Waals surface area contributed by atoms with E-state index in [2.05, 4.69) is 45.0 Å². The minimum atomic E-state index is 0.471. The average Bonchev–Trinajstić information content (AvgIpc) is 2.38. The molecule has 1 aliphatic carbocycles. The highest BCUT2D eigenvalue weighted by Gasteiger charge is 2.34. The lowest BCUT2D eigenvalue weighted by molar-refractivity contribution is 0.165. The summed E-state index contributed by atoms with van der Waals surface area (Å²) in [6.07, 6.45) is 5.00. The van der Waals surface area contributed by atoms with Gasteiger partial charge >= 0.3 is 0 Å². The van der Waals surface area contributed by atoms with Gasteiger partial charge in [-0.25, -0.2) is 0 Å². The Balaban J connectivity index is 2.26. The first-order valence-electron chi connectivity index (χ1n) is 7.34. The van der Waals surface area contributed by atoms with Gasteiger partial charge in [-0.15, -0.1) is 0 Å². The van der Waals surface area contributed by atoms with Crippen LogP contribution in [-0.2, 0) is 6.42 Å². The highest BCUT2D eigenvalue weighted by atomic mass is 14.6. The summed E-state index contributed by atoms with van der Waals surface area (Å²) < 4.78 is 0. The maximum absolute atomic E-state index is 5.99. The van der Waals surface area contributed by atoms with Crippen molar-refractivity contribution in [1.29, 1.82) is 0 Å². The summed E-state index contributed by atoms with van der Waals surface area (Å²) in [7, 11) is 0. The summed E-state index contributed by atoms with van der Waals surface area (Å²) >= 11 is 0. The molecule has 0 amide bonds. The molecule has 0 aromatic heterocycles. The third-order valence-corrected chi connectivity index (χ3v) is 4.62.